The van der Waals surface area contributed by atoms with Gasteiger partial charge in [0.25, 0.3) is 0 Å². The van der Waals surface area contributed by atoms with Crippen molar-refractivity contribution in [2.24, 2.45) is 0 Å². The second-order valence-corrected chi connectivity index (χ2v) is 5.49. The smallest absolute Gasteiger partial charge is 0.311 e. The maximum atomic E-state index is 12.0. The molecule has 0 aliphatic rings. The van der Waals surface area contributed by atoms with E-state index in [0.29, 0.717) is 30.1 Å². The average Bonchev–Trinajstić information content (AvgIpc) is 2.51. The number of benzene rings is 2. The van der Waals surface area contributed by atoms with E-state index < -0.39 is 0 Å². The maximum Gasteiger partial charge on any atom is 0.311 e. The lowest BCUT2D eigenvalue weighted by Crippen LogP contribution is -2.09. The van der Waals surface area contributed by atoms with Gasteiger partial charge in [0.05, 0.1) is 14.2 Å². The van der Waals surface area contributed by atoms with Crippen LogP contribution >= 0.6 is 0 Å². The van der Waals surface area contributed by atoms with Gasteiger partial charge in [-0.3, -0.25) is 4.79 Å². The number of hydrogen-bond acceptors (Lipinski definition) is 4. The molecule has 2 aromatic rings. The van der Waals surface area contributed by atoms with Gasteiger partial charge in [0.2, 0.25) is 0 Å². The minimum absolute atomic E-state index is 0.246. The van der Waals surface area contributed by atoms with Crippen molar-refractivity contribution in [3.05, 3.63) is 53.1 Å². The summed E-state index contributed by atoms with van der Waals surface area (Å²) in [6.07, 6.45) is 0.895. The zero-order chi connectivity index (χ0) is 16.8. The van der Waals surface area contributed by atoms with Crippen LogP contribution in [0.5, 0.6) is 17.2 Å². The normalized spacial score (nSPS) is 10.3. The van der Waals surface area contributed by atoms with Gasteiger partial charge in [-0.2, -0.15) is 0 Å². The molecule has 0 saturated carbocycles. The average molecular weight is 314 g/mol. The Morgan fingerprint density at radius 2 is 1.57 bits per heavy atom. The largest absolute Gasteiger partial charge is 0.493 e. The highest BCUT2D eigenvalue weighted by Crippen LogP contribution is 2.28. The maximum absolute atomic E-state index is 12.0. The summed E-state index contributed by atoms with van der Waals surface area (Å²) in [6, 6.07) is 11.4. The molecule has 0 fully saturated rings. The number of ether oxygens (including phenoxy) is 3. The first-order valence-corrected chi connectivity index (χ1v) is 7.51. The molecule has 0 N–H and O–H groups in total. The second kappa shape index (κ2) is 7.68. The summed E-state index contributed by atoms with van der Waals surface area (Å²) >= 11 is 0. The molecule has 0 heterocycles. The van der Waals surface area contributed by atoms with Crippen molar-refractivity contribution in [1.29, 1.82) is 0 Å². The van der Waals surface area contributed by atoms with Gasteiger partial charge < -0.3 is 14.2 Å². The third kappa shape index (κ3) is 4.74. The lowest BCUT2D eigenvalue weighted by molar-refractivity contribution is -0.134. The number of carbonyl (C=O) groups excluding carboxylic acids is 1. The van der Waals surface area contributed by atoms with Crippen LogP contribution in [0.25, 0.3) is 0 Å². The Bertz CT molecular complexity index is 672. The fourth-order valence-corrected chi connectivity index (χ4v) is 2.46. The van der Waals surface area contributed by atoms with E-state index in [1.165, 1.54) is 0 Å². The van der Waals surface area contributed by atoms with Crippen LogP contribution in [0.2, 0.25) is 0 Å². The van der Waals surface area contributed by atoms with Gasteiger partial charge in [-0.15, -0.1) is 0 Å². The summed E-state index contributed by atoms with van der Waals surface area (Å²) in [4.78, 5) is 12.0. The molecule has 122 valence electrons. The van der Waals surface area contributed by atoms with Crippen molar-refractivity contribution in [3.63, 3.8) is 0 Å². The molecule has 4 nitrogen and oxygen atoms in total. The van der Waals surface area contributed by atoms with E-state index in [-0.39, 0.29) is 5.97 Å². The van der Waals surface area contributed by atoms with Gasteiger partial charge in [-0.05, 0) is 61.2 Å². The van der Waals surface area contributed by atoms with Gasteiger partial charge in [0.1, 0.15) is 5.75 Å². The van der Waals surface area contributed by atoms with E-state index in [1.54, 1.807) is 14.2 Å². The van der Waals surface area contributed by atoms with Crippen molar-refractivity contribution in [1.82, 2.24) is 0 Å². The van der Waals surface area contributed by atoms with Crippen LogP contribution < -0.4 is 14.2 Å². The molecule has 4 heteroatoms. The summed E-state index contributed by atoms with van der Waals surface area (Å²) < 4.78 is 15.9. The number of aryl methyl sites for hydroxylation is 3. The molecular formula is C19H22O4. The monoisotopic (exact) mass is 314 g/mol. The Labute approximate surface area is 137 Å². The topological polar surface area (TPSA) is 44.8 Å². The lowest BCUT2D eigenvalue weighted by Gasteiger charge is -2.10. The van der Waals surface area contributed by atoms with E-state index in [2.05, 4.69) is 0 Å². The third-order valence-electron chi connectivity index (χ3n) is 3.49. The van der Waals surface area contributed by atoms with Gasteiger partial charge in [-0.1, -0.05) is 12.1 Å². The van der Waals surface area contributed by atoms with Crippen LogP contribution in [0.3, 0.4) is 0 Å². The molecule has 2 rings (SSSR count). The quantitative estimate of drug-likeness (QED) is 0.600. The van der Waals surface area contributed by atoms with Gasteiger partial charge >= 0.3 is 5.97 Å². The predicted molar refractivity (Wildman–Crippen MR) is 89.4 cm³/mol. The zero-order valence-corrected chi connectivity index (χ0v) is 14.0. The van der Waals surface area contributed by atoms with E-state index in [9.17, 15) is 4.79 Å². The van der Waals surface area contributed by atoms with Gasteiger partial charge in [-0.25, -0.2) is 0 Å². The molecule has 0 atom stereocenters. The molecule has 0 spiro atoms. The molecule has 0 aliphatic heterocycles. The highest BCUT2D eigenvalue weighted by atomic mass is 16.5. The van der Waals surface area contributed by atoms with Crippen molar-refractivity contribution in [2.75, 3.05) is 14.2 Å². The number of esters is 1. The van der Waals surface area contributed by atoms with Crippen molar-refractivity contribution < 1.29 is 19.0 Å². The van der Waals surface area contributed by atoms with Crippen LogP contribution in [0, 0.1) is 13.8 Å². The first-order valence-electron chi connectivity index (χ1n) is 7.51. The Morgan fingerprint density at radius 3 is 2.17 bits per heavy atom. The van der Waals surface area contributed by atoms with E-state index in [0.717, 1.165) is 16.7 Å². The molecule has 0 aromatic heterocycles. The summed E-state index contributed by atoms with van der Waals surface area (Å²) in [7, 11) is 3.19. The number of methoxy groups -OCH3 is 2. The molecule has 0 aliphatic carbocycles. The number of rotatable bonds is 6. The van der Waals surface area contributed by atoms with Crippen LogP contribution in [0.1, 0.15) is 23.1 Å². The van der Waals surface area contributed by atoms with Crippen LogP contribution in [0.4, 0.5) is 0 Å². The Morgan fingerprint density at radius 1 is 0.913 bits per heavy atom. The fraction of sp³-hybridized carbons (Fsp3) is 0.316. The molecule has 0 saturated heterocycles. The number of hydrogen-bond donors (Lipinski definition) is 0. The zero-order valence-electron chi connectivity index (χ0n) is 14.0. The minimum Gasteiger partial charge on any atom is -0.493 e. The minimum atomic E-state index is -0.246. The molecule has 0 radical (unpaired) electrons. The number of carbonyl (C=O) groups is 1. The van der Waals surface area contributed by atoms with E-state index in [4.69, 9.17) is 14.2 Å². The van der Waals surface area contributed by atoms with Crippen molar-refractivity contribution in [2.45, 2.75) is 26.7 Å². The molecule has 2 aromatic carbocycles. The van der Waals surface area contributed by atoms with Gasteiger partial charge in [0, 0.05) is 6.42 Å². The predicted octanol–water partition coefficient (Wildman–Crippen LogP) is 3.86. The second-order valence-electron chi connectivity index (χ2n) is 5.49. The van der Waals surface area contributed by atoms with Crippen LogP contribution in [0.15, 0.2) is 36.4 Å². The highest BCUT2D eigenvalue weighted by molar-refractivity contribution is 5.72. The Kier molecular flexibility index (Phi) is 5.63. The summed E-state index contributed by atoms with van der Waals surface area (Å²) in [5.41, 5.74) is 3.15. The Hall–Kier alpha value is -2.49. The lowest BCUT2D eigenvalue weighted by atomic mass is 10.1. The van der Waals surface area contributed by atoms with Gasteiger partial charge in [0.15, 0.2) is 11.5 Å². The SMILES string of the molecule is COc1ccc(CCC(=O)Oc2cc(C)cc(C)c2)cc1OC. The summed E-state index contributed by atoms with van der Waals surface area (Å²) in [6.45, 7) is 3.96. The molecule has 23 heavy (non-hydrogen) atoms. The van der Waals surface area contributed by atoms with E-state index >= 15 is 0 Å². The molecule has 0 unspecified atom stereocenters. The standard InChI is InChI=1S/C19H22O4/c1-13-9-14(2)11-16(10-13)23-19(20)8-6-15-5-7-17(21-3)18(12-15)22-4/h5,7,9-12H,6,8H2,1-4H3. The summed E-state index contributed by atoms with van der Waals surface area (Å²) in [5, 5.41) is 0. The summed E-state index contributed by atoms with van der Waals surface area (Å²) in [5.74, 6) is 1.69. The highest BCUT2D eigenvalue weighted by Gasteiger charge is 2.09. The van der Waals surface area contributed by atoms with Crippen LogP contribution in [-0.2, 0) is 11.2 Å². The molecular weight excluding hydrogens is 292 g/mol. The fourth-order valence-electron chi connectivity index (χ4n) is 2.46. The first kappa shape index (κ1) is 16.9. The van der Waals surface area contributed by atoms with Crippen LogP contribution in [-0.4, -0.2) is 20.2 Å². The molecule has 0 amide bonds. The van der Waals surface area contributed by atoms with E-state index in [1.807, 2.05) is 50.2 Å². The third-order valence-corrected chi connectivity index (χ3v) is 3.49. The molecule has 0 bridgehead atoms. The van der Waals surface area contributed by atoms with Crippen molar-refractivity contribution >= 4 is 5.97 Å². The van der Waals surface area contributed by atoms with Crippen molar-refractivity contribution in [3.8, 4) is 17.2 Å². The Balaban J connectivity index is 1.96. The first-order chi connectivity index (χ1) is 11.0.